The lowest BCUT2D eigenvalue weighted by Gasteiger charge is -2.51. The van der Waals surface area contributed by atoms with Crippen molar-refractivity contribution in [3.63, 3.8) is 0 Å². The van der Waals surface area contributed by atoms with Crippen LogP contribution in [0.15, 0.2) is 12.3 Å². The maximum absolute atomic E-state index is 17.3. The van der Waals surface area contributed by atoms with Crippen molar-refractivity contribution in [2.45, 2.75) is 109 Å². The number of methoxy groups -OCH3 is 1. The fourth-order valence-electron chi connectivity index (χ4n) is 9.75. The Hall–Kier alpha value is -3.65. The van der Waals surface area contributed by atoms with Crippen LogP contribution in [-0.4, -0.2) is 112 Å². The molecule has 4 aliphatic rings. The van der Waals surface area contributed by atoms with Gasteiger partial charge in [-0.3, -0.25) is 10.00 Å². The second-order valence-corrected chi connectivity index (χ2v) is 16.1. The first-order chi connectivity index (χ1) is 25.0. The second-order valence-electron chi connectivity index (χ2n) is 16.1. The van der Waals surface area contributed by atoms with Gasteiger partial charge in [0.25, 0.3) is 0 Å². The number of fused-ring (bicyclic) bond motifs is 3. The third-order valence-corrected chi connectivity index (χ3v) is 12.1. The number of pyridine rings is 1. The van der Waals surface area contributed by atoms with Gasteiger partial charge in [-0.2, -0.15) is 15.1 Å². The zero-order chi connectivity index (χ0) is 36.4. The van der Waals surface area contributed by atoms with E-state index in [4.69, 9.17) is 33.9 Å². The fraction of sp³-hybridized carbons (Fsp3) is 0.641. The van der Waals surface area contributed by atoms with Crippen LogP contribution in [-0.2, 0) is 9.47 Å². The number of β-amino-alcohol motifs (C(OH)–C–C–N with tert-alkyl or cyclic N) is 1. The summed E-state index contributed by atoms with van der Waals surface area (Å²) >= 11 is 0. The molecule has 6 atom stereocenters. The third kappa shape index (κ3) is 6.27. The Morgan fingerprint density at radius 2 is 1.88 bits per heavy atom. The first-order valence-corrected chi connectivity index (χ1v) is 18.9. The van der Waals surface area contributed by atoms with Crippen LogP contribution < -0.4 is 14.4 Å². The topological polar surface area (TPSA) is 131 Å². The van der Waals surface area contributed by atoms with Gasteiger partial charge in [-0.05, 0) is 96.9 Å². The molecule has 2 N–H and O–H groups in total. The van der Waals surface area contributed by atoms with Crippen molar-refractivity contribution in [3.05, 3.63) is 29.2 Å². The minimum atomic E-state index is -1.17. The van der Waals surface area contributed by atoms with Crippen LogP contribution in [0.1, 0.15) is 76.8 Å². The number of aryl methyl sites for hydroxylation is 1. The standard InChI is InChI=1S/C39H52FN7O5/c1-22-15-28-27(18-41-45-28)30(25(22)4)33-32(40)34-31(36(42-33)49-6)35(46-13-14-50-20-38(5,48)19-46)44-37(43-34)51-21-39-10-7-9-29(39)47(12-8-11-39)26-16-23(2)52-24(3)17-26/h15,18,23-24,26,29,48H,7-14,16-17,19-21H2,1-6H3,(H,41,45)/t23-,24+,26?,29?,38-,39+/m0/s1. The van der Waals surface area contributed by atoms with Crippen LogP contribution >= 0.6 is 0 Å². The Labute approximate surface area is 304 Å². The molecule has 0 amide bonds. The SMILES string of the molecule is COc1nc(-c2c(C)c(C)cc3[nH]ncc23)c(F)c2nc(OC[C@]34CCCC3N(C3C[C@@H](C)O[C@@H](C)C3)CCC4)nc(N3CCOC[C@@](C)(O)C3)c12. The fourth-order valence-corrected chi connectivity index (χ4v) is 9.75. The predicted octanol–water partition coefficient (Wildman–Crippen LogP) is 5.89. The van der Waals surface area contributed by atoms with Crippen molar-refractivity contribution in [3.8, 4) is 23.1 Å². The summed E-state index contributed by atoms with van der Waals surface area (Å²) in [6.07, 6.45) is 9.79. The Bertz CT molecular complexity index is 1960. The largest absolute Gasteiger partial charge is 0.480 e. The summed E-state index contributed by atoms with van der Waals surface area (Å²) in [5.74, 6) is -0.0136. The molecular formula is C39H52FN7O5. The molecule has 2 unspecified atom stereocenters. The first kappa shape index (κ1) is 35.4. The average Bonchev–Trinajstić information content (AvgIpc) is 3.72. The molecule has 0 bridgehead atoms. The number of ether oxygens (including phenoxy) is 4. The summed E-state index contributed by atoms with van der Waals surface area (Å²) < 4.78 is 41.8. The number of anilines is 1. The molecule has 3 aromatic heterocycles. The molecule has 280 valence electrons. The lowest BCUT2D eigenvalue weighted by atomic mass is 9.74. The normalized spacial score (nSPS) is 30.1. The van der Waals surface area contributed by atoms with Crippen molar-refractivity contribution >= 4 is 27.6 Å². The number of rotatable bonds is 7. The summed E-state index contributed by atoms with van der Waals surface area (Å²) in [6, 6.07) is 2.99. The molecule has 13 heteroatoms. The van der Waals surface area contributed by atoms with E-state index in [1.807, 2.05) is 24.8 Å². The smallest absolute Gasteiger partial charge is 0.319 e. The molecule has 1 aromatic carbocycles. The number of aliphatic hydroxyl groups is 1. The van der Waals surface area contributed by atoms with Crippen LogP contribution in [0.4, 0.5) is 10.2 Å². The molecule has 3 saturated heterocycles. The highest BCUT2D eigenvalue weighted by atomic mass is 19.1. The highest BCUT2D eigenvalue weighted by Crippen LogP contribution is 2.50. The summed E-state index contributed by atoms with van der Waals surface area (Å²) in [6.45, 7) is 12.7. The summed E-state index contributed by atoms with van der Waals surface area (Å²) in [7, 11) is 1.52. The van der Waals surface area contributed by atoms with E-state index in [0.29, 0.717) is 48.6 Å². The number of nitrogens with zero attached hydrogens (tertiary/aromatic N) is 6. The third-order valence-electron chi connectivity index (χ3n) is 12.1. The number of nitrogens with one attached hydrogen (secondary N) is 1. The van der Waals surface area contributed by atoms with Crippen LogP contribution in [0.25, 0.3) is 33.1 Å². The van der Waals surface area contributed by atoms with Crippen molar-refractivity contribution in [2.24, 2.45) is 5.41 Å². The number of aromatic amines is 1. The predicted molar refractivity (Wildman–Crippen MR) is 197 cm³/mol. The number of piperidine rings is 1. The summed E-state index contributed by atoms with van der Waals surface area (Å²) in [5.41, 5.74) is 2.23. The molecule has 8 rings (SSSR count). The molecule has 52 heavy (non-hydrogen) atoms. The number of benzene rings is 1. The van der Waals surface area contributed by atoms with Gasteiger partial charge in [0.05, 0.1) is 57.4 Å². The van der Waals surface area contributed by atoms with Crippen LogP contribution in [0.2, 0.25) is 0 Å². The van der Waals surface area contributed by atoms with Gasteiger partial charge in [0, 0.05) is 35.0 Å². The van der Waals surface area contributed by atoms with Gasteiger partial charge in [-0.1, -0.05) is 6.42 Å². The minimum Gasteiger partial charge on any atom is -0.480 e. The molecular weight excluding hydrogens is 665 g/mol. The van der Waals surface area contributed by atoms with Crippen LogP contribution in [0, 0.1) is 25.1 Å². The average molecular weight is 718 g/mol. The first-order valence-electron chi connectivity index (χ1n) is 18.9. The van der Waals surface area contributed by atoms with Gasteiger partial charge in [0.1, 0.15) is 28.0 Å². The van der Waals surface area contributed by atoms with Crippen LogP contribution in [0.3, 0.4) is 0 Å². The quantitative estimate of drug-likeness (QED) is 0.237. The number of H-pyrrole nitrogens is 1. The number of likely N-dealkylation sites (tertiary alicyclic amines) is 1. The van der Waals surface area contributed by atoms with E-state index >= 15 is 4.39 Å². The van der Waals surface area contributed by atoms with E-state index in [0.717, 1.165) is 73.5 Å². The monoisotopic (exact) mass is 717 g/mol. The van der Waals surface area contributed by atoms with E-state index in [1.165, 1.54) is 7.11 Å². The number of aromatic nitrogens is 5. The maximum atomic E-state index is 17.3. The number of hydrogen-bond acceptors (Lipinski definition) is 11. The van der Waals surface area contributed by atoms with E-state index in [2.05, 4.69) is 28.9 Å². The lowest BCUT2D eigenvalue weighted by molar-refractivity contribution is -0.0967. The van der Waals surface area contributed by atoms with Crippen molar-refractivity contribution in [2.75, 3.05) is 51.5 Å². The van der Waals surface area contributed by atoms with E-state index in [9.17, 15) is 5.11 Å². The Balaban J connectivity index is 1.23. The second kappa shape index (κ2) is 13.6. The molecule has 1 aliphatic carbocycles. The Morgan fingerprint density at radius 1 is 1.10 bits per heavy atom. The summed E-state index contributed by atoms with van der Waals surface area (Å²) in [5, 5.41) is 19.5. The van der Waals surface area contributed by atoms with Crippen molar-refractivity contribution < 1.29 is 28.4 Å². The molecule has 12 nitrogen and oxygen atoms in total. The Morgan fingerprint density at radius 3 is 2.67 bits per heavy atom. The summed E-state index contributed by atoms with van der Waals surface area (Å²) in [4.78, 5) is 19.3. The number of halogens is 1. The number of hydrogen-bond donors (Lipinski definition) is 2. The van der Waals surface area contributed by atoms with Crippen molar-refractivity contribution in [1.29, 1.82) is 0 Å². The van der Waals surface area contributed by atoms with Gasteiger partial charge in [0.2, 0.25) is 5.88 Å². The molecule has 1 saturated carbocycles. The molecule has 0 spiro atoms. The zero-order valence-electron chi connectivity index (χ0n) is 31.3. The van der Waals surface area contributed by atoms with E-state index in [1.54, 1.807) is 13.1 Å². The van der Waals surface area contributed by atoms with Gasteiger partial charge in [-0.15, -0.1) is 0 Å². The maximum Gasteiger partial charge on any atom is 0.319 e. The zero-order valence-corrected chi connectivity index (χ0v) is 31.3. The van der Waals surface area contributed by atoms with E-state index in [-0.39, 0.29) is 53.9 Å². The van der Waals surface area contributed by atoms with Gasteiger partial charge in [-0.25, -0.2) is 9.37 Å². The van der Waals surface area contributed by atoms with Crippen LogP contribution in [0.5, 0.6) is 11.9 Å². The molecule has 3 aliphatic heterocycles. The van der Waals surface area contributed by atoms with Crippen molar-refractivity contribution in [1.82, 2.24) is 30.0 Å². The van der Waals surface area contributed by atoms with E-state index < -0.39 is 11.4 Å². The highest BCUT2D eigenvalue weighted by Gasteiger charge is 2.51. The Kier molecular flexibility index (Phi) is 9.28. The minimum absolute atomic E-state index is 0.0488. The highest BCUT2D eigenvalue weighted by molar-refractivity contribution is 6.01. The van der Waals surface area contributed by atoms with Gasteiger partial charge < -0.3 is 29.0 Å². The molecule has 0 radical (unpaired) electrons. The van der Waals surface area contributed by atoms with Gasteiger partial charge >= 0.3 is 6.01 Å². The van der Waals surface area contributed by atoms with Gasteiger partial charge in [0.15, 0.2) is 5.82 Å². The lowest BCUT2D eigenvalue weighted by Crippen LogP contribution is -2.57. The molecule has 6 heterocycles. The molecule has 4 fully saturated rings. The molecule has 4 aromatic rings.